The third-order valence-corrected chi connectivity index (χ3v) is 2.56. The second-order valence-corrected chi connectivity index (χ2v) is 3.84. The van der Waals surface area contributed by atoms with E-state index in [0.29, 0.717) is 5.75 Å². The van der Waals surface area contributed by atoms with E-state index in [9.17, 15) is 0 Å². The van der Waals surface area contributed by atoms with Gasteiger partial charge in [0.15, 0.2) is 0 Å². The average Bonchev–Trinajstić information content (AvgIpc) is 2.33. The largest absolute Gasteiger partial charge is 0.508 e. The lowest BCUT2D eigenvalue weighted by atomic mass is 10.1. The van der Waals surface area contributed by atoms with Gasteiger partial charge in [0.2, 0.25) is 0 Å². The van der Waals surface area contributed by atoms with Crippen molar-refractivity contribution in [3.8, 4) is 5.75 Å². The number of phenolic OH excluding ortho intramolecular Hbond substituents is 1. The van der Waals surface area contributed by atoms with Gasteiger partial charge in [-0.05, 0) is 49.1 Å². The van der Waals surface area contributed by atoms with Gasteiger partial charge in [-0.25, -0.2) is 0 Å². The summed E-state index contributed by atoms with van der Waals surface area (Å²) in [6.45, 7) is 0. The Morgan fingerprint density at radius 1 is 0.938 bits per heavy atom. The van der Waals surface area contributed by atoms with Crippen LogP contribution in [0.2, 0.25) is 0 Å². The van der Waals surface area contributed by atoms with Crippen LogP contribution >= 0.6 is 0 Å². The molecule has 0 aliphatic carbocycles. The molecule has 0 aliphatic heterocycles. The lowest BCUT2D eigenvalue weighted by molar-refractivity contribution is 0.475. The summed E-state index contributed by atoms with van der Waals surface area (Å²) >= 11 is 0. The van der Waals surface area contributed by atoms with Crippen molar-refractivity contribution >= 4 is 0 Å². The fraction of sp³-hybridized carbons (Fsp3) is 0.214. The minimum atomic E-state index is 0.327. The molecule has 1 heterocycles. The van der Waals surface area contributed by atoms with Crippen molar-refractivity contribution in [2.75, 3.05) is 0 Å². The second kappa shape index (κ2) is 5.31. The molecule has 0 fully saturated rings. The van der Waals surface area contributed by atoms with Crippen molar-refractivity contribution in [1.82, 2.24) is 4.98 Å². The molecule has 0 unspecified atom stereocenters. The molecule has 2 nitrogen and oxygen atoms in total. The Hall–Kier alpha value is -1.83. The molecule has 0 aliphatic rings. The Kier molecular flexibility index (Phi) is 3.54. The molecule has 0 radical (unpaired) electrons. The predicted octanol–water partition coefficient (Wildman–Crippen LogP) is 2.96. The number of phenols is 1. The molecule has 0 saturated heterocycles. The maximum Gasteiger partial charge on any atom is 0.115 e. The third-order valence-electron chi connectivity index (χ3n) is 2.56. The first-order valence-corrected chi connectivity index (χ1v) is 5.52. The molecule has 2 rings (SSSR count). The summed E-state index contributed by atoms with van der Waals surface area (Å²) in [7, 11) is 0. The highest BCUT2D eigenvalue weighted by Gasteiger charge is 1.96. The average molecular weight is 213 g/mol. The van der Waals surface area contributed by atoms with Gasteiger partial charge >= 0.3 is 0 Å². The molecule has 1 aromatic carbocycles. The van der Waals surface area contributed by atoms with Crippen LogP contribution in [0, 0.1) is 0 Å². The van der Waals surface area contributed by atoms with E-state index in [-0.39, 0.29) is 0 Å². The summed E-state index contributed by atoms with van der Waals surface area (Å²) in [6, 6.07) is 13.4. The van der Waals surface area contributed by atoms with Gasteiger partial charge in [0.1, 0.15) is 5.75 Å². The number of benzene rings is 1. The summed E-state index contributed by atoms with van der Waals surface area (Å²) in [5.74, 6) is 0.327. The molecule has 82 valence electrons. The van der Waals surface area contributed by atoms with Gasteiger partial charge in [0, 0.05) is 11.9 Å². The molecule has 0 bridgehead atoms. The fourth-order valence-electron chi connectivity index (χ4n) is 1.68. The van der Waals surface area contributed by atoms with Gasteiger partial charge in [-0.1, -0.05) is 18.2 Å². The smallest absolute Gasteiger partial charge is 0.115 e. The summed E-state index contributed by atoms with van der Waals surface area (Å²) < 4.78 is 0. The number of rotatable bonds is 4. The quantitative estimate of drug-likeness (QED) is 0.847. The summed E-state index contributed by atoms with van der Waals surface area (Å²) in [6.07, 6.45) is 4.94. The highest BCUT2D eigenvalue weighted by Crippen LogP contribution is 2.12. The Bertz CT molecular complexity index is 422. The topological polar surface area (TPSA) is 33.1 Å². The first kappa shape index (κ1) is 10.7. The molecule has 0 atom stereocenters. The molecule has 1 N–H and O–H groups in total. The number of pyridine rings is 1. The van der Waals surface area contributed by atoms with E-state index < -0.39 is 0 Å². The van der Waals surface area contributed by atoms with Crippen LogP contribution in [0.5, 0.6) is 5.75 Å². The van der Waals surface area contributed by atoms with E-state index in [2.05, 4.69) is 11.1 Å². The third kappa shape index (κ3) is 3.09. The van der Waals surface area contributed by atoms with E-state index in [1.54, 1.807) is 12.1 Å². The lowest BCUT2D eigenvalue weighted by Crippen LogP contribution is -1.92. The number of aromatic nitrogens is 1. The van der Waals surface area contributed by atoms with Gasteiger partial charge in [-0.3, -0.25) is 4.98 Å². The SMILES string of the molecule is Oc1ccc(CCCc2ccccn2)cc1. The first-order valence-electron chi connectivity index (χ1n) is 5.52. The number of hydrogen-bond acceptors (Lipinski definition) is 2. The van der Waals surface area contributed by atoms with Crippen LogP contribution in [0.4, 0.5) is 0 Å². The standard InChI is InChI=1S/C14H15NO/c16-14-9-7-12(8-10-14)4-3-6-13-5-1-2-11-15-13/h1-2,5,7-11,16H,3-4,6H2. The molecule has 0 saturated carbocycles. The Labute approximate surface area is 95.6 Å². The highest BCUT2D eigenvalue weighted by atomic mass is 16.3. The van der Waals surface area contributed by atoms with Gasteiger partial charge in [-0.15, -0.1) is 0 Å². The summed E-state index contributed by atoms with van der Waals surface area (Å²) in [4.78, 5) is 4.28. The predicted molar refractivity (Wildman–Crippen MR) is 64.4 cm³/mol. The molecule has 2 heteroatoms. The van der Waals surface area contributed by atoms with E-state index in [1.165, 1.54) is 5.56 Å². The normalized spacial score (nSPS) is 10.2. The van der Waals surface area contributed by atoms with Crippen molar-refractivity contribution in [2.24, 2.45) is 0 Å². The van der Waals surface area contributed by atoms with E-state index in [0.717, 1.165) is 25.0 Å². The Morgan fingerprint density at radius 2 is 1.75 bits per heavy atom. The van der Waals surface area contributed by atoms with Crippen LogP contribution in [0.15, 0.2) is 48.7 Å². The Morgan fingerprint density at radius 3 is 2.44 bits per heavy atom. The van der Waals surface area contributed by atoms with Gasteiger partial charge in [-0.2, -0.15) is 0 Å². The Balaban J connectivity index is 1.82. The minimum Gasteiger partial charge on any atom is -0.508 e. The van der Waals surface area contributed by atoms with E-state index in [4.69, 9.17) is 5.11 Å². The van der Waals surface area contributed by atoms with Crippen LogP contribution < -0.4 is 0 Å². The van der Waals surface area contributed by atoms with Crippen molar-refractivity contribution in [3.05, 3.63) is 59.9 Å². The number of hydrogen-bond donors (Lipinski definition) is 1. The number of aryl methyl sites for hydroxylation is 2. The molecule has 2 aromatic rings. The molecule has 0 spiro atoms. The minimum absolute atomic E-state index is 0.327. The van der Waals surface area contributed by atoms with Gasteiger partial charge in [0.25, 0.3) is 0 Å². The molecule has 0 amide bonds. The number of nitrogens with zero attached hydrogens (tertiary/aromatic N) is 1. The zero-order chi connectivity index (χ0) is 11.2. The fourth-order valence-corrected chi connectivity index (χ4v) is 1.68. The van der Waals surface area contributed by atoms with Crippen LogP contribution in [0.25, 0.3) is 0 Å². The zero-order valence-electron chi connectivity index (χ0n) is 9.13. The highest BCUT2D eigenvalue weighted by molar-refractivity contribution is 5.25. The first-order chi connectivity index (χ1) is 7.84. The zero-order valence-corrected chi connectivity index (χ0v) is 9.13. The van der Waals surface area contributed by atoms with Gasteiger partial charge < -0.3 is 5.11 Å². The molecule has 16 heavy (non-hydrogen) atoms. The maximum atomic E-state index is 9.15. The van der Waals surface area contributed by atoms with Crippen molar-refractivity contribution in [2.45, 2.75) is 19.3 Å². The van der Waals surface area contributed by atoms with Crippen molar-refractivity contribution < 1.29 is 5.11 Å². The number of aromatic hydroxyl groups is 1. The van der Waals surface area contributed by atoms with Crippen molar-refractivity contribution in [3.63, 3.8) is 0 Å². The van der Waals surface area contributed by atoms with Crippen LogP contribution in [-0.4, -0.2) is 10.1 Å². The van der Waals surface area contributed by atoms with Gasteiger partial charge in [0.05, 0.1) is 0 Å². The van der Waals surface area contributed by atoms with Crippen LogP contribution in [0.3, 0.4) is 0 Å². The molecular formula is C14H15NO. The molecule has 1 aromatic heterocycles. The lowest BCUT2D eigenvalue weighted by Gasteiger charge is -2.01. The van der Waals surface area contributed by atoms with E-state index >= 15 is 0 Å². The van der Waals surface area contributed by atoms with Crippen LogP contribution in [-0.2, 0) is 12.8 Å². The van der Waals surface area contributed by atoms with E-state index in [1.807, 2.05) is 30.5 Å². The van der Waals surface area contributed by atoms with Crippen LogP contribution in [0.1, 0.15) is 17.7 Å². The maximum absolute atomic E-state index is 9.15. The second-order valence-electron chi connectivity index (χ2n) is 3.84. The van der Waals surface area contributed by atoms with Crippen molar-refractivity contribution in [1.29, 1.82) is 0 Å². The monoisotopic (exact) mass is 213 g/mol. The summed E-state index contributed by atoms with van der Waals surface area (Å²) in [5, 5.41) is 9.15. The summed E-state index contributed by atoms with van der Waals surface area (Å²) in [5.41, 5.74) is 2.40. The molecular weight excluding hydrogens is 198 g/mol.